The third-order valence-electron chi connectivity index (χ3n) is 4.05. The molecule has 3 aromatic heterocycles. The average molecular weight is 385 g/mol. The molecule has 136 valence electrons. The van der Waals surface area contributed by atoms with Crippen LogP contribution in [0.2, 0.25) is 0 Å². The minimum absolute atomic E-state index is 0.00944. The minimum Gasteiger partial charge on any atom is -0.397 e. The molecule has 11 nitrogen and oxygen atoms in total. The molecule has 0 spiro atoms. The van der Waals surface area contributed by atoms with Crippen molar-refractivity contribution in [2.24, 2.45) is 0 Å². The number of fused-ring (bicyclic) bond motifs is 2. The van der Waals surface area contributed by atoms with Gasteiger partial charge >= 0.3 is 0 Å². The van der Waals surface area contributed by atoms with E-state index in [-0.39, 0.29) is 27.9 Å². The van der Waals surface area contributed by atoms with Gasteiger partial charge in [-0.05, 0) is 18.4 Å². The Balaban J connectivity index is 2.11. The predicted molar refractivity (Wildman–Crippen MR) is 100 cm³/mol. The number of nitro benzene ring substituents is 1. The van der Waals surface area contributed by atoms with Gasteiger partial charge in [0.15, 0.2) is 5.65 Å². The Kier molecular flexibility index (Phi) is 3.70. The Morgan fingerprint density at radius 3 is 2.44 bits per heavy atom. The summed E-state index contributed by atoms with van der Waals surface area (Å²) in [4.78, 5) is 38.9. The highest BCUT2D eigenvalue weighted by Gasteiger charge is 2.21. The van der Waals surface area contributed by atoms with Crippen LogP contribution in [0.25, 0.3) is 27.6 Å². The van der Waals surface area contributed by atoms with Crippen LogP contribution in [-0.4, -0.2) is 36.1 Å². The number of hydrogen-bond acceptors (Lipinski definition) is 8. The maximum Gasteiger partial charge on any atom is 0.289 e. The molecule has 0 saturated heterocycles. The van der Waals surface area contributed by atoms with E-state index < -0.39 is 16.0 Å². The van der Waals surface area contributed by atoms with Gasteiger partial charge in [0.05, 0.1) is 27.1 Å². The smallest absolute Gasteiger partial charge is 0.289 e. The molecular weight excluding hydrogens is 374 g/mol. The minimum atomic E-state index is -0.597. The Morgan fingerprint density at radius 2 is 1.81 bits per heavy atom. The molecule has 4 N–H and O–H groups in total. The van der Waals surface area contributed by atoms with Gasteiger partial charge in [-0.1, -0.05) is 0 Å². The summed E-state index contributed by atoms with van der Waals surface area (Å²) >= 11 is 1.30. The van der Waals surface area contributed by atoms with E-state index in [0.717, 1.165) is 0 Å². The summed E-state index contributed by atoms with van der Waals surface area (Å²) in [5, 5.41) is 20.7. The zero-order valence-corrected chi connectivity index (χ0v) is 14.5. The molecule has 12 heteroatoms. The molecule has 0 atom stereocenters. The van der Waals surface area contributed by atoms with Crippen molar-refractivity contribution in [3.8, 4) is 5.69 Å². The normalized spacial score (nSPS) is 11.3. The standard InChI is InChI=1S/C15H11N7O4S/c1-27-15-9-10(16)8-11(14(24)19-18-13(8)23)17-12(9)21(20-15)6-2-4-7(5-3-6)22(25)26/h2-5H,1H3,(H2,16,17)(H,18,23)(H,19,24). The van der Waals surface area contributed by atoms with Crippen LogP contribution in [0, 0.1) is 10.1 Å². The van der Waals surface area contributed by atoms with Crippen LogP contribution in [-0.2, 0) is 0 Å². The lowest BCUT2D eigenvalue weighted by Gasteiger charge is -2.05. The Hall–Kier alpha value is -3.67. The molecule has 4 rings (SSSR count). The lowest BCUT2D eigenvalue weighted by Crippen LogP contribution is -2.21. The maximum absolute atomic E-state index is 12.1. The van der Waals surface area contributed by atoms with Crippen LogP contribution in [0.5, 0.6) is 0 Å². The molecule has 4 aromatic rings. The number of aromatic amines is 2. The first-order chi connectivity index (χ1) is 12.9. The van der Waals surface area contributed by atoms with Gasteiger partial charge in [0, 0.05) is 12.1 Å². The first kappa shape index (κ1) is 16.8. The van der Waals surface area contributed by atoms with E-state index in [2.05, 4.69) is 20.3 Å². The van der Waals surface area contributed by atoms with Crippen molar-refractivity contribution in [3.05, 3.63) is 55.1 Å². The lowest BCUT2D eigenvalue weighted by molar-refractivity contribution is -0.384. The topological polar surface area (TPSA) is 166 Å². The number of benzene rings is 1. The van der Waals surface area contributed by atoms with Crippen molar-refractivity contribution in [1.82, 2.24) is 25.0 Å². The summed E-state index contributed by atoms with van der Waals surface area (Å²) < 4.78 is 1.43. The highest BCUT2D eigenvalue weighted by atomic mass is 32.2. The van der Waals surface area contributed by atoms with E-state index in [1.807, 2.05) is 0 Å². The Morgan fingerprint density at radius 1 is 1.15 bits per heavy atom. The Labute approximate surface area is 153 Å². The molecule has 27 heavy (non-hydrogen) atoms. The Bertz CT molecular complexity index is 1340. The molecule has 0 aliphatic rings. The lowest BCUT2D eigenvalue weighted by atomic mass is 10.2. The number of aromatic nitrogens is 5. The van der Waals surface area contributed by atoms with Gasteiger partial charge in [0.25, 0.3) is 16.8 Å². The molecule has 0 unspecified atom stereocenters. The summed E-state index contributed by atoms with van der Waals surface area (Å²) in [6.07, 6.45) is 1.79. The summed E-state index contributed by atoms with van der Waals surface area (Å²) in [6, 6.07) is 5.70. The van der Waals surface area contributed by atoms with Gasteiger partial charge in [-0.3, -0.25) is 29.9 Å². The van der Waals surface area contributed by atoms with Gasteiger partial charge in [0.1, 0.15) is 10.5 Å². The third-order valence-corrected chi connectivity index (χ3v) is 4.72. The van der Waals surface area contributed by atoms with Crippen LogP contribution < -0.4 is 16.9 Å². The summed E-state index contributed by atoms with van der Waals surface area (Å²) in [5.41, 5.74) is 5.72. The molecule has 1 aromatic carbocycles. The number of thioether (sulfide) groups is 1. The van der Waals surface area contributed by atoms with Crippen molar-refractivity contribution in [3.63, 3.8) is 0 Å². The first-order valence-corrected chi connectivity index (χ1v) is 8.76. The van der Waals surface area contributed by atoms with E-state index in [9.17, 15) is 19.7 Å². The van der Waals surface area contributed by atoms with Crippen LogP contribution in [0.1, 0.15) is 0 Å². The number of non-ortho nitro benzene ring substituents is 1. The SMILES string of the molecule is CSc1nn(-c2ccc([N+](=O)[O-])cc2)c2nc3c(=O)[nH][nH]c(=O)c3c(N)c12. The van der Waals surface area contributed by atoms with Gasteiger partial charge in [-0.2, -0.15) is 5.10 Å². The molecule has 0 radical (unpaired) electrons. The van der Waals surface area contributed by atoms with Gasteiger partial charge in [-0.15, -0.1) is 11.8 Å². The number of nitro groups is 1. The average Bonchev–Trinajstić information content (AvgIpc) is 3.04. The highest BCUT2D eigenvalue weighted by molar-refractivity contribution is 7.98. The van der Waals surface area contributed by atoms with E-state index >= 15 is 0 Å². The van der Waals surface area contributed by atoms with Crippen LogP contribution in [0.4, 0.5) is 11.4 Å². The number of H-pyrrole nitrogens is 2. The number of anilines is 1. The van der Waals surface area contributed by atoms with Gasteiger partial charge < -0.3 is 5.73 Å². The second kappa shape index (κ2) is 5.95. The summed E-state index contributed by atoms with van der Waals surface area (Å²) in [7, 11) is 0. The predicted octanol–water partition coefficient (Wildman–Crippen LogP) is 1.16. The van der Waals surface area contributed by atoms with Crippen molar-refractivity contribution >= 4 is 45.1 Å². The molecule has 0 bridgehead atoms. The van der Waals surface area contributed by atoms with Gasteiger partial charge in [-0.25, -0.2) is 9.67 Å². The number of nitrogens with two attached hydrogens (primary N) is 1. The summed E-state index contributed by atoms with van der Waals surface area (Å²) in [6.45, 7) is 0. The van der Waals surface area contributed by atoms with E-state index in [1.165, 1.54) is 40.7 Å². The second-order valence-corrected chi connectivity index (χ2v) is 6.35. The number of rotatable bonds is 3. The number of nitrogen functional groups attached to an aromatic ring is 1. The molecule has 3 heterocycles. The molecule has 0 amide bonds. The zero-order chi connectivity index (χ0) is 19.3. The first-order valence-electron chi connectivity index (χ1n) is 7.54. The zero-order valence-electron chi connectivity index (χ0n) is 13.7. The highest BCUT2D eigenvalue weighted by Crippen LogP contribution is 2.33. The van der Waals surface area contributed by atoms with Crippen LogP contribution in [0.3, 0.4) is 0 Å². The van der Waals surface area contributed by atoms with Crippen LogP contribution >= 0.6 is 11.8 Å². The monoisotopic (exact) mass is 385 g/mol. The van der Waals surface area contributed by atoms with Crippen molar-refractivity contribution in [1.29, 1.82) is 0 Å². The fourth-order valence-electron chi connectivity index (χ4n) is 2.81. The quantitative estimate of drug-likeness (QED) is 0.268. The molecule has 0 saturated carbocycles. The summed E-state index contributed by atoms with van der Waals surface area (Å²) in [5.74, 6) is 0. The number of pyridine rings is 1. The number of nitrogens with one attached hydrogen (secondary N) is 2. The van der Waals surface area contributed by atoms with Gasteiger partial charge in [0.2, 0.25) is 0 Å². The van der Waals surface area contributed by atoms with E-state index in [1.54, 1.807) is 6.26 Å². The van der Waals surface area contributed by atoms with Crippen molar-refractivity contribution in [2.75, 3.05) is 12.0 Å². The second-order valence-electron chi connectivity index (χ2n) is 5.55. The molecule has 0 aliphatic heterocycles. The van der Waals surface area contributed by atoms with E-state index in [4.69, 9.17) is 5.73 Å². The number of hydrogen-bond donors (Lipinski definition) is 3. The van der Waals surface area contributed by atoms with Crippen LogP contribution in [0.15, 0.2) is 38.9 Å². The largest absolute Gasteiger partial charge is 0.397 e. The van der Waals surface area contributed by atoms with Crippen molar-refractivity contribution in [2.45, 2.75) is 5.03 Å². The van der Waals surface area contributed by atoms with Crippen molar-refractivity contribution < 1.29 is 4.92 Å². The molecular formula is C15H11N7O4S. The number of nitrogens with zero attached hydrogens (tertiary/aromatic N) is 4. The molecule has 0 aliphatic carbocycles. The fraction of sp³-hybridized carbons (Fsp3) is 0.0667. The molecule has 0 fully saturated rings. The third kappa shape index (κ3) is 2.45. The maximum atomic E-state index is 12.1. The fourth-order valence-corrected chi connectivity index (χ4v) is 3.38. The van der Waals surface area contributed by atoms with E-state index in [0.29, 0.717) is 16.1 Å².